The van der Waals surface area contributed by atoms with E-state index in [-0.39, 0.29) is 0 Å². The van der Waals surface area contributed by atoms with Gasteiger partial charge in [-0.05, 0) is 45.2 Å². The maximum Gasteiger partial charge on any atom is 0.164 e. The monoisotopic (exact) mass is 848 g/mol. The van der Waals surface area contributed by atoms with Crippen LogP contribution < -0.4 is 0 Å². The molecule has 3 heterocycles. The number of aromatic nitrogens is 6. The van der Waals surface area contributed by atoms with Crippen LogP contribution in [0.5, 0.6) is 0 Å². The maximum atomic E-state index is 5.28. The first-order chi connectivity index (χ1) is 32.2. The first-order valence-electron chi connectivity index (χ1n) is 21.5. The zero-order valence-electron chi connectivity index (χ0n) is 34.9. The lowest BCUT2D eigenvalue weighted by molar-refractivity contribution is 1.07. The molecule has 12 rings (SSSR count). The molecule has 0 saturated carbocycles. The standard InChI is InChI=1S/C58H36N6S/c1-4-17-37(18-5-1)43-26-12-13-27-46(43)56-60-53(40-20-6-2-7-21-40)59-55(62-56)42-33-31-39(32-34-42)45-35-36-49(51-48-28-14-15-30-50(48)65-52(45)51)58-63-54(41-22-8-3-9-23-41)61-57(64-58)47-29-16-24-38-19-10-11-25-44(38)47/h1-36H. The van der Waals surface area contributed by atoms with Gasteiger partial charge in [0, 0.05) is 53.6 Å². The molecule has 304 valence electrons. The van der Waals surface area contributed by atoms with Gasteiger partial charge in [-0.15, -0.1) is 11.3 Å². The van der Waals surface area contributed by atoms with Gasteiger partial charge in [-0.2, -0.15) is 0 Å². The third-order valence-corrected chi connectivity index (χ3v) is 13.0. The number of hydrogen-bond donors (Lipinski definition) is 0. The van der Waals surface area contributed by atoms with Crippen LogP contribution in [0, 0.1) is 0 Å². The van der Waals surface area contributed by atoms with E-state index in [4.69, 9.17) is 29.9 Å². The van der Waals surface area contributed by atoms with Gasteiger partial charge in [-0.3, -0.25) is 0 Å². The van der Waals surface area contributed by atoms with Crippen molar-refractivity contribution >= 4 is 42.3 Å². The van der Waals surface area contributed by atoms with Crippen LogP contribution in [-0.2, 0) is 0 Å². The second-order valence-electron chi connectivity index (χ2n) is 15.8. The van der Waals surface area contributed by atoms with Gasteiger partial charge in [0.15, 0.2) is 34.9 Å². The van der Waals surface area contributed by atoms with Gasteiger partial charge in [-0.25, -0.2) is 29.9 Å². The Balaban J connectivity index is 0.995. The molecule has 0 atom stereocenters. The van der Waals surface area contributed by atoms with Gasteiger partial charge >= 0.3 is 0 Å². The highest BCUT2D eigenvalue weighted by Gasteiger charge is 2.21. The number of nitrogens with zero attached hydrogens (tertiary/aromatic N) is 6. The van der Waals surface area contributed by atoms with E-state index in [2.05, 4.69) is 158 Å². The van der Waals surface area contributed by atoms with Gasteiger partial charge in [0.25, 0.3) is 0 Å². The van der Waals surface area contributed by atoms with E-state index in [1.165, 1.54) is 4.70 Å². The van der Waals surface area contributed by atoms with E-state index in [0.29, 0.717) is 34.9 Å². The number of thiophene rings is 1. The lowest BCUT2D eigenvalue weighted by Gasteiger charge is -2.13. The van der Waals surface area contributed by atoms with E-state index in [9.17, 15) is 0 Å². The molecule has 0 aliphatic rings. The van der Waals surface area contributed by atoms with Crippen LogP contribution in [0.4, 0.5) is 0 Å². The minimum Gasteiger partial charge on any atom is -0.208 e. The Morgan fingerprint density at radius 2 is 0.662 bits per heavy atom. The highest BCUT2D eigenvalue weighted by Crippen LogP contribution is 2.45. The summed E-state index contributed by atoms with van der Waals surface area (Å²) in [5.41, 5.74) is 10.0. The molecule has 7 heteroatoms. The Morgan fingerprint density at radius 1 is 0.246 bits per heavy atom. The number of rotatable bonds is 8. The summed E-state index contributed by atoms with van der Waals surface area (Å²) in [7, 11) is 0. The predicted molar refractivity (Wildman–Crippen MR) is 267 cm³/mol. The molecule has 6 nitrogen and oxygen atoms in total. The van der Waals surface area contributed by atoms with Crippen LogP contribution in [0.1, 0.15) is 0 Å². The summed E-state index contributed by atoms with van der Waals surface area (Å²) in [4.78, 5) is 30.9. The van der Waals surface area contributed by atoms with Crippen LogP contribution in [-0.4, -0.2) is 29.9 Å². The fourth-order valence-corrected chi connectivity index (χ4v) is 9.95. The Morgan fingerprint density at radius 3 is 1.34 bits per heavy atom. The second kappa shape index (κ2) is 16.3. The Kier molecular flexibility index (Phi) is 9.58. The average molecular weight is 849 g/mol. The minimum absolute atomic E-state index is 0.608. The molecule has 0 radical (unpaired) electrons. The quantitative estimate of drug-likeness (QED) is 0.152. The van der Waals surface area contributed by atoms with Crippen LogP contribution in [0.3, 0.4) is 0 Å². The van der Waals surface area contributed by atoms with Crippen molar-refractivity contribution in [1.29, 1.82) is 0 Å². The van der Waals surface area contributed by atoms with Crippen molar-refractivity contribution in [3.63, 3.8) is 0 Å². The lowest BCUT2D eigenvalue weighted by Crippen LogP contribution is -2.01. The van der Waals surface area contributed by atoms with Crippen molar-refractivity contribution < 1.29 is 0 Å². The molecule has 65 heavy (non-hydrogen) atoms. The topological polar surface area (TPSA) is 77.3 Å². The smallest absolute Gasteiger partial charge is 0.164 e. The van der Waals surface area contributed by atoms with Gasteiger partial charge in [-0.1, -0.05) is 206 Å². The SMILES string of the molecule is c1ccc(-c2nc(-c3ccc(-c4ccc(-c5nc(-c6ccccc6)nc(-c6cccc7ccccc67)n5)c5c4sc4ccccc45)cc3)nc(-c3ccccc3-c3ccccc3)n2)cc1. The summed E-state index contributed by atoms with van der Waals surface area (Å²) in [5, 5.41) is 4.51. The normalized spacial score (nSPS) is 11.4. The van der Waals surface area contributed by atoms with Crippen LogP contribution in [0.2, 0.25) is 0 Å². The van der Waals surface area contributed by atoms with E-state index in [1.807, 2.05) is 60.7 Å². The van der Waals surface area contributed by atoms with E-state index in [1.54, 1.807) is 11.3 Å². The lowest BCUT2D eigenvalue weighted by atomic mass is 9.97. The average Bonchev–Trinajstić information content (AvgIpc) is 3.79. The molecular weight excluding hydrogens is 813 g/mol. The van der Waals surface area contributed by atoms with E-state index in [0.717, 1.165) is 81.9 Å². The number of hydrogen-bond acceptors (Lipinski definition) is 7. The molecule has 12 aromatic rings. The molecule has 0 N–H and O–H groups in total. The molecule has 0 spiro atoms. The van der Waals surface area contributed by atoms with Gasteiger partial charge < -0.3 is 0 Å². The minimum atomic E-state index is 0.608. The predicted octanol–water partition coefficient (Wildman–Crippen LogP) is 14.9. The van der Waals surface area contributed by atoms with Crippen LogP contribution >= 0.6 is 11.3 Å². The molecule has 3 aromatic heterocycles. The van der Waals surface area contributed by atoms with Crippen molar-refractivity contribution in [2.75, 3.05) is 0 Å². The maximum absolute atomic E-state index is 5.28. The summed E-state index contributed by atoms with van der Waals surface area (Å²) in [5.74, 6) is 3.75. The molecular formula is C58H36N6S. The largest absolute Gasteiger partial charge is 0.208 e. The summed E-state index contributed by atoms with van der Waals surface area (Å²) in [6.07, 6.45) is 0. The molecule has 0 unspecified atom stereocenters. The molecule has 0 aliphatic carbocycles. The first kappa shape index (κ1) is 38.2. The zero-order chi connectivity index (χ0) is 43.1. The van der Waals surface area contributed by atoms with Crippen molar-refractivity contribution in [3.8, 4) is 90.6 Å². The second-order valence-corrected chi connectivity index (χ2v) is 16.9. The number of benzene rings is 9. The molecule has 0 fully saturated rings. The Labute approximate surface area is 379 Å². The van der Waals surface area contributed by atoms with Crippen molar-refractivity contribution in [2.45, 2.75) is 0 Å². The van der Waals surface area contributed by atoms with Gasteiger partial charge in [0.2, 0.25) is 0 Å². The molecule has 0 bridgehead atoms. The number of fused-ring (bicyclic) bond motifs is 4. The highest BCUT2D eigenvalue weighted by molar-refractivity contribution is 7.26. The van der Waals surface area contributed by atoms with Crippen LogP contribution in [0.15, 0.2) is 218 Å². The van der Waals surface area contributed by atoms with Crippen molar-refractivity contribution in [3.05, 3.63) is 218 Å². The third-order valence-electron chi connectivity index (χ3n) is 11.8. The third kappa shape index (κ3) is 7.10. The fraction of sp³-hybridized carbons (Fsp3) is 0. The van der Waals surface area contributed by atoms with Gasteiger partial charge in [0.1, 0.15) is 0 Å². The molecule has 9 aromatic carbocycles. The molecule has 0 aliphatic heterocycles. The van der Waals surface area contributed by atoms with Crippen molar-refractivity contribution in [1.82, 2.24) is 29.9 Å². The Bertz CT molecular complexity index is 3700. The summed E-state index contributed by atoms with van der Waals surface area (Å²) in [6, 6.07) is 75.2. The summed E-state index contributed by atoms with van der Waals surface area (Å²) < 4.78 is 2.36. The highest BCUT2D eigenvalue weighted by atomic mass is 32.1. The summed E-state index contributed by atoms with van der Waals surface area (Å²) >= 11 is 1.79. The molecule has 0 amide bonds. The van der Waals surface area contributed by atoms with Gasteiger partial charge in [0.05, 0.1) is 0 Å². The summed E-state index contributed by atoms with van der Waals surface area (Å²) in [6.45, 7) is 0. The Hall–Kier alpha value is -8.52. The van der Waals surface area contributed by atoms with Crippen molar-refractivity contribution in [2.24, 2.45) is 0 Å². The first-order valence-corrected chi connectivity index (χ1v) is 22.3. The fourth-order valence-electron chi connectivity index (χ4n) is 8.68. The van der Waals surface area contributed by atoms with Crippen LogP contribution in [0.25, 0.3) is 122 Å². The van der Waals surface area contributed by atoms with E-state index >= 15 is 0 Å². The zero-order valence-corrected chi connectivity index (χ0v) is 35.7. The van der Waals surface area contributed by atoms with E-state index < -0.39 is 0 Å². The molecule has 0 saturated heterocycles.